The Bertz CT molecular complexity index is 605. The Hall–Kier alpha value is -0.950. The molecule has 6 heteroatoms. The molecule has 0 aliphatic heterocycles. The molecular weight excluding hydrogens is 302 g/mol. The van der Waals surface area contributed by atoms with Crippen molar-refractivity contribution < 1.29 is 18.6 Å². The number of rotatable bonds is 6. The lowest BCUT2D eigenvalue weighted by Crippen LogP contribution is -2.42. The summed E-state index contributed by atoms with van der Waals surface area (Å²) < 4.78 is 27.5. The third-order valence-electron chi connectivity index (χ3n) is 3.68. The van der Waals surface area contributed by atoms with Crippen molar-refractivity contribution in [3.8, 4) is 0 Å². The quantitative estimate of drug-likeness (QED) is 0.742. The van der Waals surface area contributed by atoms with E-state index in [0.29, 0.717) is 5.56 Å². The van der Waals surface area contributed by atoms with Gasteiger partial charge in [-0.2, -0.15) is 0 Å². The Morgan fingerprint density at radius 1 is 1.23 bits per heavy atom. The minimum atomic E-state index is -3.74. The van der Waals surface area contributed by atoms with Crippen molar-refractivity contribution in [3.63, 3.8) is 0 Å². The van der Waals surface area contributed by atoms with Gasteiger partial charge in [0.25, 0.3) is 0 Å². The molecule has 5 nitrogen and oxygen atoms in total. The topological polar surface area (TPSA) is 86.6 Å². The van der Waals surface area contributed by atoms with Gasteiger partial charge in [-0.1, -0.05) is 32.9 Å². The summed E-state index contributed by atoms with van der Waals surface area (Å²) in [5.74, 6) is 0. The number of aliphatic hydroxyl groups is 2. The van der Waals surface area contributed by atoms with E-state index in [4.69, 9.17) is 0 Å². The van der Waals surface area contributed by atoms with Gasteiger partial charge in [-0.05, 0) is 42.9 Å². The third-order valence-corrected chi connectivity index (χ3v) is 5.35. The fourth-order valence-corrected chi connectivity index (χ4v) is 3.63. The molecule has 0 unspecified atom stereocenters. The van der Waals surface area contributed by atoms with E-state index in [1.807, 2.05) is 33.8 Å². The molecule has 1 rings (SSSR count). The van der Waals surface area contributed by atoms with Crippen molar-refractivity contribution in [2.75, 3.05) is 6.61 Å². The SMILES string of the molecule is Cc1ccc(C)c(S(=O)(=O)N[C@@H](CO)C[C@@H](O)C(C)(C)C)c1. The normalized spacial score (nSPS) is 15.6. The molecule has 22 heavy (non-hydrogen) atoms. The number of hydrogen-bond donors (Lipinski definition) is 3. The molecule has 0 saturated carbocycles. The highest BCUT2D eigenvalue weighted by Gasteiger charge is 2.28. The fraction of sp³-hybridized carbons (Fsp3) is 0.625. The van der Waals surface area contributed by atoms with Crippen molar-refractivity contribution >= 4 is 10.0 Å². The van der Waals surface area contributed by atoms with Crippen LogP contribution in [0.2, 0.25) is 0 Å². The molecule has 0 saturated heterocycles. The molecule has 0 aromatic heterocycles. The highest BCUT2D eigenvalue weighted by molar-refractivity contribution is 7.89. The van der Waals surface area contributed by atoms with E-state index in [1.165, 1.54) is 0 Å². The molecule has 2 atom stereocenters. The molecule has 0 spiro atoms. The van der Waals surface area contributed by atoms with Gasteiger partial charge in [0.15, 0.2) is 0 Å². The van der Waals surface area contributed by atoms with Crippen molar-refractivity contribution in [1.82, 2.24) is 4.72 Å². The van der Waals surface area contributed by atoms with Crippen LogP contribution in [0, 0.1) is 19.3 Å². The van der Waals surface area contributed by atoms with Crippen molar-refractivity contribution in [2.24, 2.45) is 5.41 Å². The number of hydrogen-bond acceptors (Lipinski definition) is 4. The molecule has 0 fully saturated rings. The van der Waals surface area contributed by atoms with Gasteiger partial charge in [-0.25, -0.2) is 13.1 Å². The van der Waals surface area contributed by atoms with Crippen LogP contribution >= 0.6 is 0 Å². The lowest BCUT2D eigenvalue weighted by Gasteiger charge is -2.29. The van der Waals surface area contributed by atoms with E-state index in [2.05, 4.69) is 4.72 Å². The number of sulfonamides is 1. The summed E-state index contributed by atoms with van der Waals surface area (Å²) in [5, 5.41) is 19.5. The van der Waals surface area contributed by atoms with Crippen molar-refractivity contribution in [2.45, 2.75) is 58.1 Å². The second-order valence-corrected chi connectivity index (χ2v) is 8.57. The molecule has 1 aromatic rings. The molecule has 1 aromatic carbocycles. The molecule has 0 radical (unpaired) electrons. The van der Waals surface area contributed by atoms with Crippen LogP contribution in [-0.2, 0) is 10.0 Å². The maximum absolute atomic E-state index is 12.5. The largest absolute Gasteiger partial charge is 0.395 e. The first-order valence-electron chi connectivity index (χ1n) is 7.36. The van der Waals surface area contributed by atoms with E-state index in [-0.39, 0.29) is 23.3 Å². The monoisotopic (exact) mass is 329 g/mol. The summed E-state index contributed by atoms with van der Waals surface area (Å²) in [6, 6.07) is 4.48. The highest BCUT2D eigenvalue weighted by atomic mass is 32.2. The Morgan fingerprint density at radius 2 is 1.82 bits per heavy atom. The number of nitrogens with one attached hydrogen (secondary N) is 1. The Labute approximate surface area is 133 Å². The van der Waals surface area contributed by atoms with E-state index >= 15 is 0 Å². The first-order chi connectivity index (χ1) is 9.97. The van der Waals surface area contributed by atoms with Crippen LogP contribution in [0.25, 0.3) is 0 Å². The summed E-state index contributed by atoms with van der Waals surface area (Å²) in [7, 11) is -3.74. The summed E-state index contributed by atoms with van der Waals surface area (Å²) in [6.45, 7) is 8.79. The third kappa shape index (κ3) is 5.05. The second-order valence-electron chi connectivity index (χ2n) is 6.89. The molecule has 0 heterocycles. The van der Waals surface area contributed by atoms with E-state index in [0.717, 1.165) is 5.56 Å². The van der Waals surface area contributed by atoms with E-state index < -0.39 is 22.2 Å². The van der Waals surface area contributed by atoms with Gasteiger partial charge in [0, 0.05) is 6.04 Å². The van der Waals surface area contributed by atoms with Gasteiger partial charge in [-0.3, -0.25) is 0 Å². The zero-order valence-electron chi connectivity index (χ0n) is 13.9. The molecule has 0 aliphatic carbocycles. The van der Waals surface area contributed by atoms with Crippen LogP contribution in [0.15, 0.2) is 23.1 Å². The molecule has 0 bridgehead atoms. The fourth-order valence-electron chi connectivity index (χ4n) is 2.06. The van der Waals surface area contributed by atoms with Crippen LogP contribution in [0.1, 0.15) is 38.3 Å². The van der Waals surface area contributed by atoms with Gasteiger partial charge in [0.05, 0.1) is 17.6 Å². The lowest BCUT2D eigenvalue weighted by molar-refractivity contribution is 0.0420. The van der Waals surface area contributed by atoms with Crippen LogP contribution in [0.3, 0.4) is 0 Å². The first-order valence-corrected chi connectivity index (χ1v) is 8.84. The highest BCUT2D eigenvalue weighted by Crippen LogP contribution is 2.23. The maximum atomic E-state index is 12.5. The summed E-state index contributed by atoms with van der Waals surface area (Å²) in [5.41, 5.74) is 1.12. The minimum Gasteiger partial charge on any atom is -0.395 e. The Morgan fingerprint density at radius 3 is 2.32 bits per heavy atom. The molecule has 0 amide bonds. The predicted molar refractivity (Wildman–Crippen MR) is 87.2 cm³/mol. The number of aliphatic hydroxyl groups excluding tert-OH is 2. The average Bonchev–Trinajstić information content (AvgIpc) is 2.39. The summed E-state index contributed by atoms with van der Waals surface area (Å²) in [4.78, 5) is 0.205. The zero-order chi connectivity index (χ0) is 17.1. The van der Waals surface area contributed by atoms with Crippen LogP contribution < -0.4 is 4.72 Å². The van der Waals surface area contributed by atoms with Crippen LogP contribution in [-0.4, -0.2) is 37.4 Å². The minimum absolute atomic E-state index is 0.157. The molecule has 3 N–H and O–H groups in total. The first kappa shape index (κ1) is 19.1. The van der Waals surface area contributed by atoms with Gasteiger partial charge in [0.2, 0.25) is 10.0 Å². The number of aryl methyl sites for hydroxylation is 2. The molecule has 0 aliphatic rings. The van der Waals surface area contributed by atoms with Gasteiger partial charge < -0.3 is 10.2 Å². The lowest BCUT2D eigenvalue weighted by atomic mass is 9.86. The smallest absolute Gasteiger partial charge is 0.241 e. The second kappa shape index (κ2) is 7.08. The van der Waals surface area contributed by atoms with E-state index in [1.54, 1.807) is 19.1 Å². The predicted octanol–water partition coefficient (Wildman–Crippen LogP) is 1.74. The Balaban J connectivity index is 2.96. The van der Waals surface area contributed by atoms with Crippen molar-refractivity contribution in [3.05, 3.63) is 29.3 Å². The summed E-state index contributed by atoms with van der Waals surface area (Å²) >= 11 is 0. The maximum Gasteiger partial charge on any atom is 0.241 e. The summed E-state index contributed by atoms with van der Waals surface area (Å²) in [6.07, 6.45) is -0.560. The van der Waals surface area contributed by atoms with Gasteiger partial charge in [-0.15, -0.1) is 0 Å². The molecule has 126 valence electrons. The van der Waals surface area contributed by atoms with Crippen molar-refractivity contribution in [1.29, 1.82) is 0 Å². The Kier molecular flexibility index (Phi) is 6.15. The van der Waals surface area contributed by atoms with Gasteiger partial charge in [0.1, 0.15) is 0 Å². The van der Waals surface area contributed by atoms with Crippen LogP contribution in [0.5, 0.6) is 0 Å². The van der Waals surface area contributed by atoms with E-state index in [9.17, 15) is 18.6 Å². The standard InChI is InChI=1S/C16H27NO4S/c1-11-6-7-12(2)14(8-11)22(20,21)17-13(10-18)9-15(19)16(3,4)5/h6-8,13,15,17-19H,9-10H2,1-5H3/t13-,15-/m1/s1. The average molecular weight is 329 g/mol. The molecular formula is C16H27NO4S. The zero-order valence-corrected chi connectivity index (χ0v) is 14.7. The number of benzene rings is 1. The van der Waals surface area contributed by atoms with Gasteiger partial charge >= 0.3 is 0 Å². The van der Waals surface area contributed by atoms with Crippen LogP contribution in [0.4, 0.5) is 0 Å².